The lowest BCUT2D eigenvalue weighted by atomic mass is 9.97. The number of halogens is 4. The molecule has 4 nitrogen and oxygen atoms in total. The van der Waals surface area contributed by atoms with E-state index in [1.807, 2.05) is 0 Å². The Morgan fingerprint density at radius 3 is 2.43 bits per heavy atom. The molecule has 1 aromatic rings. The van der Waals surface area contributed by atoms with Gasteiger partial charge in [-0.1, -0.05) is 23.2 Å². The molecule has 118 valence electrons. The van der Waals surface area contributed by atoms with E-state index in [2.05, 4.69) is 5.32 Å². The number of nitrogens with one attached hydrogen (secondary N) is 1. The lowest BCUT2D eigenvalue weighted by molar-refractivity contribution is -0.119. The molecular weight excluding hydrogens is 325 g/mol. The molecule has 0 radical (unpaired) electrons. The van der Waals surface area contributed by atoms with E-state index in [4.69, 9.17) is 28.3 Å². The maximum absolute atomic E-state index is 14.2. The molecule has 0 aromatic heterocycles. The monoisotopic (exact) mass is 340 g/mol. The minimum atomic E-state index is -3.44. The topological polar surface area (TPSA) is 55.7 Å². The van der Waals surface area contributed by atoms with Crippen LogP contribution >= 0.6 is 23.2 Å². The number of aliphatic hydroxyl groups is 1. The van der Waals surface area contributed by atoms with E-state index in [1.54, 1.807) is 0 Å². The van der Waals surface area contributed by atoms with Crippen molar-refractivity contribution >= 4 is 23.2 Å². The van der Waals surface area contributed by atoms with E-state index < -0.39 is 24.3 Å². The van der Waals surface area contributed by atoms with E-state index in [9.17, 15) is 13.9 Å². The summed E-state index contributed by atoms with van der Waals surface area (Å²) in [6.07, 6.45) is 0. The molecule has 2 rings (SSSR count). The third-order valence-electron chi connectivity index (χ3n) is 3.47. The van der Waals surface area contributed by atoms with Crippen LogP contribution in [-0.4, -0.2) is 53.8 Å². The largest absolute Gasteiger partial charge is 0.507 e. The van der Waals surface area contributed by atoms with Crippen molar-refractivity contribution < 1.29 is 19.0 Å². The molecule has 1 aliphatic rings. The van der Waals surface area contributed by atoms with Gasteiger partial charge >= 0.3 is 0 Å². The van der Waals surface area contributed by atoms with Crippen LogP contribution < -0.4 is 5.32 Å². The fourth-order valence-electron chi connectivity index (χ4n) is 2.53. The number of hydrogen-bond acceptors (Lipinski definition) is 4. The number of nitrogens with zero attached hydrogens (tertiary/aromatic N) is 1. The Balaban J connectivity index is 2.49. The van der Waals surface area contributed by atoms with Crippen LogP contribution in [0.5, 0.6) is 5.75 Å². The molecular formula is C13H16Cl2F2N2O2. The molecule has 1 atom stereocenters. The van der Waals surface area contributed by atoms with Gasteiger partial charge in [-0.2, -0.15) is 0 Å². The third-order valence-corrected chi connectivity index (χ3v) is 4.00. The van der Waals surface area contributed by atoms with Gasteiger partial charge in [-0.25, -0.2) is 8.78 Å². The Bertz CT molecular complexity index is 488. The minimum absolute atomic E-state index is 0.0448. The highest BCUT2D eigenvalue weighted by Gasteiger charge is 2.46. The van der Waals surface area contributed by atoms with Gasteiger partial charge < -0.3 is 15.5 Å². The van der Waals surface area contributed by atoms with E-state index in [-0.39, 0.29) is 15.6 Å². The van der Waals surface area contributed by atoms with Gasteiger partial charge in [0.1, 0.15) is 18.4 Å². The molecule has 0 unspecified atom stereocenters. The highest BCUT2D eigenvalue weighted by Crippen LogP contribution is 2.44. The van der Waals surface area contributed by atoms with Gasteiger partial charge in [0.05, 0.1) is 5.02 Å². The number of aliphatic hydroxyl groups excluding tert-OH is 1. The summed E-state index contributed by atoms with van der Waals surface area (Å²) in [6, 6.07) is 0.973. The van der Waals surface area contributed by atoms with E-state index >= 15 is 0 Å². The van der Waals surface area contributed by atoms with E-state index in [1.165, 1.54) is 17.0 Å². The van der Waals surface area contributed by atoms with Gasteiger partial charge in [0.25, 0.3) is 5.92 Å². The highest BCUT2D eigenvalue weighted by molar-refractivity contribution is 6.35. The number of phenolic OH excluding ortho intramolecular Hbond substituents is 1. The van der Waals surface area contributed by atoms with Crippen molar-refractivity contribution in [3.05, 3.63) is 27.7 Å². The summed E-state index contributed by atoms with van der Waals surface area (Å²) in [5.41, 5.74) is -0.109. The maximum Gasteiger partial charge on any atom is 0.290 e. The Hall–Kier alpha value is -0.660. The summed E-state index contributed by atoms with van der Waals surface area (Å²) in [6.45, 7) is 0.477. The molecule has 1 fully saturated rings. The lowest BCUT2D eigenvalue weighted by Crippen LogP contribution is -2.51. The Kier molecular flexibility index (Phi) is 5.27. The first kappa shape index (κ1) is 16.7. The fraction of sp³-hybridized carbons (Fsp3) is 0.538. The summed E-state index contributed by atoms with van der Waals surface area (Å²) in [7, 11) is 0. The third kappa shape index (κ3) is 3.57. The second kappa shape index (κ2) is 6.62. The summed E-state index contributed by atoms with van der Waals surface area (Å²) >= 11 is 11.8. The van der Waals surface area contributed by atoms with Crippen LogP contribution in [0.25, 0.3) is 0 Å². The summed E-state index contributed by atoms with van der Waals surface area (Å²) in [4.78, 5) is 1.50. The van der Waals surface area contributed by atoms with Crippen molar-refractivity contribution in [3.8, 4) is 5.75 Å². The number of piperazine rings is 1. The molecule has 0 aliphatic carbocycles. The van der Waals surface area contributed by atoms with Gasteiger partial charge in [0, 0.05) is 36.8 Å². The molecule has 21 heavy (non-hydrogen) atoms. The molecule has 0 amide bonds. The second-order valence-corrected chi connectivity index (χ2v) is 5.77. The molecule has 0 bridgehead atoms. The molecule has 0 saturated carbocycles. The quantitative estimate of drug-likeness (QED) is 0.787. The first-order valence-corrected chi connectivity index (χ1v) is 7.24. The van der Waals surface area contributed by atoms with Crippen LogP contribution in [0.3, 0.4) is 0 Å². The lowest BCUT2D eigenvalue weighted by Gasteiger charge is -2.39. The highest BCUT2D eigenvalue weighted by atomic mass is 35.5. The maximum atomic E-state index is 14.2. The average molecular weight is 341 g/mol. The molecule has 1 saturated heterocycles. The molecule has 1 aromatic carbocycles. The Morgan fingerprint density at radius 1 is 1.29 bits per heavy atom. The van der Waals surface area contributed by atoms with Crippen molar-refractivity contribution in [2.75, 3.05) is 32.8 Å². The van der Waals surface area contributed by atoms with Gasteiger partial charge in [-0.15, -0.1) is 0 Å². The number of phenols is 1. The van der Waals surface area contributed by atoms with Crippen molar-refractivity contribution in [1.82, 2.24) is 10.2 Å². The zero-order chi connectivity index (χ0) is 15.6. The van der Waals surface area contributed by atoms with Crippen LogP contribution in [0.1, 0.15) is 11.6 Å². The van der Waals surface area contributed by atoms with E-state index in [0.29, 0.717) is 26.2 Å². The zero-order valence-electron chi connectivity index (χ0n) is 11.1. The van der Waals surface area contributed by atoms with Gasteiger partial charge in [0.15, 0.2) is 0 Å². The predicted molar refractivity (Wildman–Crippen MR) is 77.3 cm³/mol. The van der Waals surface area contributed by atoms with Crippen LogP contribution in [-0.2, 0) is 0 Å². The second-order valence-electron chi connectivity index (χ2n) is 4.93. The first-order chi connectivity index (χ1) is 9.86. The van der Waals surface area contributed by atoms with Crippen LogP contribution in [0.2, 0.25) is 10.0 Å². The average Bonchev–Trinajstić information content (AvgIpc) is 2.43. The number of hydrogen-bond donors (Lipinski definition) is 3. The van der Waals surface area contributed by atoms with Crippen molar-refractivity contribution in [2.45, 2.75) is 12.0 Å². The first-order valence-electron chi connectivity index (χ1n) is 6.48. The SMILES string of the molecule is OCC(F)(F)[C@H](c1c(O)cc(Cl)cc1Cl)N1CCNCC1. The van der Waals surface area contributed by atoms with Crippen molar-refractivity contribution in [3.63, 3.8) is 0 Å². The summed E-state index contributed by atoms with van der Waals surface area (Å²) in [5.74, 6) is -3.84. The van der Waals surface area contributed by atoms with Gasteiger partial charge in [-0.3, -0.25) is 4.90 Å². The fourth-order valence-corrected chi connectivity index (χ4v) is 3.12. The zero-order valence-corrected chi connectivity index (χ0v) is 12.6. The minimum Gasteiger partial charge on any atom is -0.507 e. The van der Waals surface area contributed by atoms with Gasteiger partial charge in [-0.05, 0) is 12.1 Å². The van der Waals surface area contributed by atoms with Crippen LogP contribution in [0, 0.1) is 0 Å². The number of aromatic hydroxyl groups is 1. The number of alkyl halides is 2. The molecule has 1 aliphatic heterocycles. The molecule has 8 heteroatoms. The Morgan fingerprint density at radius 2 is 1.90 bits per heavy atom. The Labute approximate surface area is 131 Å². The predicted octanol–water partition coefficient (Wildman–Crippen LogP) is 2.27. The standard InChI is InChI=1S/C13H16Cl2F2N2O2/c14-8-5-9(15)11(10(21)6-8)12(13(16,17)7-20)19-3-1-18-2-4-19/h5-6,12,18,20-21H,1-4,7H2/t12-/m0/s1. The molecule has 1 heterocycles. The molecule has 3 N–H and O–H groups in total. The normalized spacial score (nSPS) is 18.7. The van der Waals surface area contributed by atoms with Crippen molar-refractivity contribution in [2.24, 2.45) is 0 Å². The number of benzene rings is 1. The van der Waals surface area contributed by atoms with Crippen molar-refractivity contribution in [1.29, 1.82) is 0 Å². The van der Waals surface area contributed by atoms with Crippen LogP contribution in [0.4, 0.5) is 8.78 Å². The summed E-state index contributed by atoms with van der Waals surface area (Å²) < 4.78 is 28.5. The smallest absolute Gasteiger partial charge is 0.290 e. The molecule has 0 spiro atoms. The van der Waals surface area contributed by atoms with Gasteiger partial charge in [0.2, 0.25) is 0 Å². The van der Waals surface area contributed by atoms with Crippen LogP contribution in [0.15, 0.2) is 12.1 Å². The summed E-state index contributed by atoms with van der Waals surface area (Å²) in [5, 5.41) is 22.2. The number of rotatable bonds is 4. The van der Waals surface area contributed by atoms with E-state index in [0.717, 1.165) is 0 Å².